The lowest BCUT2D eigenvalue weighted by molar-refractivity contribution is -0.355. The largest absolute Gasteiger partial charge is 0.458 e. The van der Waals surface area contributed by atoms with Gasteiger partial charge in [-0.3, -0.25) is 4.79 Å². The molecule has 0 unspecified atom stereocenters. The summed E-state index contributed by atoms with van der Waals surface area (Å²) in [6.07, 6.45) is -6.10. The van der Waals surface area contributed by atoms with Crippen LogP contribution >= 0.6 is 0 Å². The molecule has 1 aromatic rings. The number of methoxy groups -OCH3 is 4. The SMILES string of the molecule is CO[C@H]1[C@H](O)[C@@H](O[C@@H]2[C@@H](C)O[C@@H](O[C@@H]3[C@@H](C)O[C@@H](O[C@@H]4[C@@H](C)O[C@@H](O[C@@H]5CC[C@@]6(C)C(=CC[C@@]7(O)[C@@H]6C[C@H](OC(=O)c6ccccc6)[C@]6(C)[C@@H](C(C)=O)CC[C@]67O)C5)C[C@H]4OC)C[C@H]3OC)C[C@H]2OC)O[C@@H](C)[C@@H]1O. The normalized spacial score (nSPS) is 48.9. The van der Waals surface area contributed by atoms with Crippen LogP contribution in [0.2, 0.25) is 0 Å². The van der Waals surface area contributed by atoms with Crippen LogP contribution in [0.4, 0.5) is 0 Å². The summed E-state index contributed by atoms with van der Waals surface area (Å²) >= 11 is 0. The van der Waals surface area contributed by atoms with Gasteiger partial charge in [-0.2, -0.15) is 0 Å². The number of fused-ring (bicyclic) bond motifs is 5. The average Bonchev–Trinajstić information content (AvgIpc) is 3.69. The van der Waals surface area contributed by atoms with E-state index in [-0.39, 0.29) is 24.7 Å². The standard InChI is InChI=1S/C56H84O19/c1-28(57)36-19-22-56(62)54(36,7)41(72-51(60)33-15-13-12-14-16-33)27-40-53(6)20-18-35(23-34(53)17-21-55(40,56)61)71-42-24-37(63-8)47(30(3)67-42)73-43-25-38(64-9)48(31(4)68-43)74-44-26-39(65-10)49(32(5)69-44)75-52-46(59)50(66-11)45(58)29(2)70-52/h12-17,29-32,35-50,52,58-59,61-62H,18-27H2,1-11H3/t29-,30+,31+,32+,35+,36+,37+,38+,39+,40+,41-,42-,43-,44-,45-,46-,47+,48+,49+,50+,52+,53-,54-,55+,56-/m0/s1. The van der Waals surface area contributed by atoms with E-state index in [0.717, 1.165) is 5.57 Å². The van der Waals surface area contributed by atoms with E-state index in [1.165, 1.54) is 14.0 Å². The molecule has 19 nitrogen and oxygen atoms in total. The van der Waals surface area contributed by atoms with Crippen molar-refractivity contribution in [1.82, 2.24) is 0 Å². The molecule has 4 aliphatic carbocycles. The fraction of sp³-hybridized carbons (Fsp3) is 0.821. The Morgan fingerprint density at radius 3 is 1.72 bits per heavy atom. The highest BCUT2D eigenvalue weighted by atomic mass is 16.8. The van der Waals surface area contributed by atoms with Crippen molar-refractivity contribution in [3.05, 3.63) is 47.5 Å². The maximum Gasteiger partial charge on any atom is 0.338 e. The van der Waals surface area contributed by atoms with Gasteiger partial charge in [0.15, 0.2) is 25.2 Å². The van der Waals surface area contributed by atoms with Crippen LogP contribution in [0.5, 0.6) is 0 Å². The Bertz CT molecular complexity index is 2170. The molecule has 0 aromatic heterocycles. The highest BCUT2D eigenvalue weighted by Gasteiger charge is 2.77. The molecule has 422 valence electrons. The molecule has 0 amide bonds. The third-order valence-electron chi connectivity index (χ3n) is 19.2. The van der Waals surface area contributed by atoms with E-state index in [1.807, 2.05) is 33.8 Å². The van der Waals surface area contributed by atoms with Crippen LogP contribution in [0, 0.1) is 22.7 Å². The van der Waals surface area contributed by atoms with Gasteiger partial charge in [0.25, 0.3) is 0 Å². The number of esters is 1. The van der Waals surface area contributed by atoms with Gasteiger partial charge in [-0.15, -0.1) is 0 Å². The summed E-state index contributed by atoms with van der Waals surface area (Å²) in [4.78, 5) is 27.0. The summed E-state index contributed by atoms with van der Waals surface area (Å²) < 4.78 is 81.2. The van der Waals surface area contributed by atoms with Gasteiger partial charge in [-0.25, -0.2) is 4.79 Å². The van der Waals surface area contributed by atoms with Gasteiger partial charge in [-0.05, 0) is 97.1 Å². The van der Waals surface area contributed by atoms with Gasteiger partial charge in [-0.1, -0.05) is 43.7 Å². The summed E-state index contributed by atoms with van der Waals surface area (Å²) in [5, 5.41) is 47.3. The minimum Gasteiger partial charge on any atom is -0.458 e. The third-order valence-corrected chi connectivity index (χ3v) is 19.2. The highest BCUT2D eigenvalue weighted by Crippen LogP contribution is 2.70. The van der Waals surface area contributed by atoms with Gasteiger partial charge in [0.05, 0.1) is 54.4 Å². The Hall–Kier alpha value is -2.54. The van der Waals surface area contributed by atoms with E-state index in [4.69, 9.17) is 61.6 Å². The summed E-state index contributed by atoms with van der Waals surface area (Å²) in [5.74, 6) is -1.65. The number of aliphatic hydroxyl groups is 4. The molecule has 0 bridgehead atoms. The smallest absolute Gasteiger partial charge is 0.338 e. The van der Waals surface area contributed by atoms with Crippen molar-refractivity contribution >= 4 is 11.8 Å². The Morgan fingerprint density at radius 1 is 0.640 bits per heavy atom. The number of ketones is 1. The first kappa shape index (κ1) is 57.2. The molecule has 7 fully saturated rings. The second-order valence-electron chi connectivity index (χ2n) is 23.2. The number of benzene rings is 1. The number of rotatable bonds is 15. The van der Waals surface area contributed by atoms with Crippen LogP contribution < -0.4 is 0 Å². The van der Waals surface area contributed by atoms with E-state index in [9.17, 15) is 30.0 Å². The quantitative estimate of drug-likeness (QED) is 0.138. The van der Waals surface area contributed by atoms with E-state index in [0.29, 0.717) is 56.9 Å². The van der Waals surface area contributed by atoms with Crippen molar-refractivity contribution in [2.45, 2.75) is 241 Å². The van der Waals surface area contributed by atoms with Gasteiger partial charge < -0.3 is 82.0 Å². The Morgan fingerprint density at radius 2 is 1.19 bits per heavy atom. The molecule has 4 aliphatic heterocycles. The van der Waals surface area contributed by atoms with Crippen molar-refractivity contribution < 1.29 is 91.6 Å². The van der Waals surface area contributed by atoms with Gasteiger partial charge >= 0.3 is 5.97 Å². The summed E-state index contributed by atoms with van der Waals surface area (Å²) in [6.45, 7) is 12.9. The van der Waals surface area contributed by atoms with Crippen molar-refractivity contribution in [1.29, 1.82) is 0 Å². The molecular weight excluding hydrogens is 977 g/mol. The van der Waals surface area contributed by atoms with Crippen molar-refractivity contribution in [3.8, 4) is 0 Å². The molecule has 1 aromatic carbocycles. The lowest BCUT2D eigenvalue weighted by Crippen LogP contribution is -2.75. The van der Waals surface area contributed by atoms with E-state index < -0.39 is 150 Å². The number of ether oxygens (including phenoxy) is 13. The second kappa shape index (κ2) is 22.5. The molecule has 4 heterocycles. The molecule has 8 aliphatic rings. The average molecular weight is 1060 g/mol. The van der Waals surface area contributed by atoms with E-state index in [1.54, 1.807) is 52.5 Å². The molecule has 9 rings (SSSR count). The first-order chi connectivity index (χ1) is 35.6. The zero-order valence-electron chi connectivity index (χ0n) is 45.6. The summed E-state index contributed by atoms with van der Waals surface area (Å²) in [7, 11) is 6.27. The Balaban J connectivity index is 0.804. The number of hydrogen-bond donors (Lipinski definition) is 4. The molecule has 3 saturated carbocycles. The molecule has 0 radical (unpaired) electrons. The Labute approximate surface area is 441 Å². The molecule has 4 saturated heterocycles. The van der Waals surface area contributed by atoms with Gasteiger partial charge in [0.1, 0.15) is 59.7 Å². The third kappa shape index (κ3) is 10.2. The zero-order chi connectivity index (χ0) is 53.9. The van der Waals surface area contributed by atoms with Crippen molar-refractivity contribution in [2.24, 2.45) is 22.7 Å². The van der Waals surface area contributed by atoms with Gasteiger partial charge in [0.2, 0.25) is 0 Å². The van der Waals surface area contributed by atoms with E-state index in [2.05, 4.69) is 13.0 Å². The predicted molar refractivity (Wildman–Crippen MR) is 266 cm³/mol. The summed E-state index contributed by atoms with van der Waals surface area (Å²) in [6, 6.07) is 8.76. The second-order valence-corrected chi connectivity index (χ2v) is 23.2. The van der Waals surface area contributed by atoms with E-state index >= 15 is 0 Å². The van der Waals surface area contributed by atoms with Crippen LogP contribution in [-0.4, -0.2) is 189 Å². The van der Waals surface area contributed by atoms with Crippen LogP contribution in [-0.2, 0) is 66.4 Å². The Kier molecular flexibility index (Phi) is 17.2. The maximum absolute atomic E-state index is 13.7. The first-order valence-corrected chi connectivity index (χ1v) is 27.3. The van der Waals surface area contributed by atoms with Crippen LogP contribution in [0.1, 0.15) is 123 Å². The van der Waals surface area contributed by atoms with Crippen LogP contribution in [0.25, 0.3) is 0 Å². The lowest BCUT2D eigenvalue weighted by Gasteiger charge is -2.66. The monoisotopic (exact) mass is 1060 g/mol. The molecule has 25 atom stereocenters. The fourth-order valence-corrected chi connectivity index (χ4v) is 15.0. The molecule has 75 heavy (non-hydrogen) atoms. The van der Waals surface area contributed by atoms with Gasteiger partial charge in [0, 0.05) is 65.0 Å². The topological polar surface area (TPSA) is 235 Å². The van der Waals surface area contributed by atoms with Crippen LogP contribution in [0.3, 0.4) is 0 Å². The molecule has 19 heteroatoms. The highest BCUT2D eigenvalue weighted by molar-refractivity contribution is 5.89. The van der Waals surface area contributed by atoms with Crippen molar-refractivity contribution in [2.75, 3.05) is 28.4 Å². The minimum atomic E-state index is -1.68. The number of Topliss-reactive ketones (excluding diaryl/α,β-unsaturated/α-hetero) is 1. The minimum absolute atomic E-state index is 0.0872. The molecule has 4 N–H and O–H groups in total. The fourth-order valence-electron chi connectivity index (χ4n) is 15.0. The number of carbonyl (C=O) groups excluding carboxylic acids is 2. The first-order valence-electron chi connectivity index (χ1n) is 27.3. The number of hydrogen-bond acceptors (Lipinski definition) is 19. The summed E-state index contributed by atoms with van der Waals surface area (Å²) in [5.41, 5.74) is -3.46. The number of carbonyl (C=O) groups is 2. The number of aliphatic hydroxyl groups excluding tert-OH is 2. The van der Waals surface area contributed by atoms with Crippen LogP contribution in [0.15, 0.2) is 42.0 Å². The lowest BCUT2D eigenvalue weighted by atomic mass is 9.43. The molecule has 0 spiro atoms. The zero-order valence-corrected chi connectivity index (χ0v) is 45.6. The predicted octanol–water partition coefficient (Wildman–Crippen LogP) is 4.69. The van der Waals surface area contributed by atoms with Crippen molar-refractivity contribution in [3.63, 3.8) is 0 Å². The molecular formula is C56H84O19. The maximum atomic E-state index is 13.7.